The number of halogens is 1. The van der Waals surface area contributed by atoms with Gasteiger partial charge in [-0.1, -0.05) is 12.2 Å². The topological polar surface area (TPSA) is 129 Å². The van der Waals surface area contributed by atoms with Crippen molar-refractivity contribution in [2.24, 2.45) is 0 Å². The Bertz CT molecular complexity index is 1300. The standard InChI is InChI=1S/C26H33FN4O7S/c1-5-36-23(37-6-2)14-20-24(30-22-10-9-19(13-21(22)27)39(4,33)34)28-15-29-25(20)38-18-11-16-7-8-17(12-18)31(16)26(32)35-3/h7-10,13,15-18,23H,5-6,11-12,14H2,1-4H3,(H,28,29,30). The minimum absolute atomic E-state index is 0.0336. The Morgan fingerprint density at radius 2 is 1.82 bits per heavy atom. The van der Waals surface area contributed by atoms with Gasteiger partial charge in [0, 0.05) is 38.7 Å². The van der Waals surface area contributed by atoms with Crippen molar-refractivity contribution in [2.45, 2.75) is 62.5 Å². The van der Waals surface area contributed by atoms with Crippen LogP contribution in [0.4, 0.5) is 20.7 Å². The molecule has 3 heterocycles. The molecule has 0 saturated carbocycles. The lowest BCUT2D eigenvalue weighted by atomic mass is 9.99. The highest BCUT2D eigenvalue weighted by Gasteiger charge is 2.42. The number of rotatable bonds is 11. The van der Waals surface area contributed by atoms with Crippen LogP contribution in [0.3, 0.4) is 0 Å². The van der Waals surface area contributed by atoms with Crippen molar-refractivity contribution in [3.05, 3.63) is 48.1 Å². The van der Waals surface area contributed by atoms with Gasteiger partial charge in [0.1, 0.15) is 24.1 Å². The van der Waals surface area contributed by atoms with Crippen LogP contribution in [-0.4, -0.2) is 80.4 Å². The molecule has 0 spiro atoms. The first-order valence-electron chi connectivity index (χ1n) is 12.7. The summed E-state index contributed by atoms with van der Waals surface area (Å²) in [5.74, 6) is -0.210. The number of hydrogen-bond acceptors (Lipinski definition) is 10. The second-order valence-corrected chi connectivity index (χ2v) is 11.2. The Kier molecular flexibility index (Phi) is 9.03. The summed E-state index contributed by atoms with van der Waals surface area (Å²) in [5, 5.41) is 2.95. The highest BCUT2D eigenvalue weighted by atomic mass is 32.2. The highest BCUT2D eigenvalue weighted by molar-refractivity contribution is 7.90. The molecule has 0 radical (unpaired) electrons. The summed E-state index contributed by atoms with van der Waals surface area (Å²) in [6.45, 7) is 4.50. The van der Waals surface area contributed by atoms with Crippen molar-refractivity contribution < 1.29 is 36.6 Å². The zero-order valence-corrected chi connectivity index (χ0v) is 23.1. The Morgan fingerprint density at radius 3 is 2.38 bits per heavy atom. The Labute approximate surface area is 227 Å². The van der Waals surface area contributed by atoms with E-state index in [1.165, 1.54) is 25.6 Å². The summed E-state index contributed by atoms with van der Waals surface area (Å²) in [4.78, 5) is 22.5. The van der Waals surface area contributed by atoms with E-state index in [9.17, 15) is 17.6 Å². The molecule has 2 bridgehead atoms. The van der Waals surface area contributed by atoms with Gasteiger partial charge in [-0.05, 0) is 32.0 Å². The fourth-order valence-corrected chi connectivity index (χ4v) is 5.42. The van der Waals surface area contributed by atoms with Gasteiger partial charge in [0.25, 0.3) is 0 Å². The van der Waals surface area contributed by atoms with E-state index in [-0.39, 0.29) is 53.0 Å². The molecule has 2 aliphatic heterocycles. The van der Waals surface area contributed by atoms with E-state index < -0.39 is 21.9 Å². The normalized spacial score (nSPS) is 20.4. The molecule has 13 heteroatoms. The number of sulfone groups is 1. The van der Waals surface area contributed by atoms with Crippen molar-refractivity contribution in [3.8, 4) is 5.88 Å². The summed E-state index contributed by atoms with van der Waals surface area (Å²) >= 11 is 0. The number of carbonyl (C=O) groups is 1. The molecule has 212 valence electrons. The molecular formula is C26H33FN4O7S. The minimum Gasteiger partial charge on any atom is -0.474 e. The third kappa shape index (κ3) is 6.65. The van der Waals surface area contributed by atoms with Crippen molar-refractivity contribution in [1.82, 2.24) is 14.9 Å². The number of nitrogens with zero attached hydrogens (tertiary/aromatic N) is 3. The SMILES string of the molecule is CCOC(Cc1c(Nc2ccc(S(C)(=O)=O)cc2F)ncnc1OC1CC2C=CC(C1)N2C(=O)OC)OCC. The van der Waals surface area contributed by atoms with E-state index in [0.717, 1.165) is 12.3 Å². The van der Waals surface area contributed by atoms with Crippen molar-refractivity contribution in [1.29, 1.82) is 0 Å². The molecule has 4 rings (SSSR count). The second kappa shape index (κ2) is 12.3. The molecule has 1 fully saturated rings. The summed E-state index contributed by atoms with van der Waals surface area (Å²) in [5.41, 5.74) is 0.540. The van der Waals surface area contributed by atoms with Crippen LogP contribution in [0.5, 0.6) is 5.88 Å². The maximum absolute atomic E-state index is 14.9. The Hall–Kier alpha value is -3.29. The van der Waals surface area contributed by atoms with Gasteiger partial charge < -0.3 is 24.3 Å². The molecule has 2 unspecified atom stereocenters. The summed E-state index contributed by atoms with van der Waals surface area (Å²) < 4.78 is 61.3. The Balaban J connectivity index is 1.63. The lowest BCUT2D eigenvalue weighted by molar-refractivity contribution is -0.134. The summed E-state index contributed by atoms with van der Waals surface area (Å²) in [6, 6.07) is 3.29. The fraction of sp³-hybridized carbons (Fsp3) is 0.500. The minimum atomic E-state index is -3.57. The van der Waals surface area contributed by atoms with Crippen LogP contribution in [0.15, 0.2) is 41.6 Å². The van der Waals surface area contributed by atoms with Crippen LogP contribution in [0.1, 0.15) is 32.3 Å². The van der Waals surface area contributed by atoms with Gasteiger partial charge in [-0.3, -0.25) is 4.90 Å². The molecule has 1 aromatic carbocycles. The average molecular weight is 565 g/mol. The molecule has 1 saturated heterocycles. The number of piperidine rings is 1. The molecular weight excluding hydrogens is 531 g/mol. The number of amides is 1. The number of hydrogen-bond donors (Lipinski definition) is 1. The number of ether oxygens (including phenoxy) is 4. The first-order chi connectivity index (χ1) is 18.6. The average Bonchev–Trinajstić information content (AvgIpc) is 3.16. The van der Waals surface area contributed by atoms with E-state index in [4.69, 9.17) is 18.9 Å². The number of benzene rings is 1. The first kappa shape index (κ1) is 28.7. The number of methoxy groups -OCH3 is 1. The van der Waals surface area contributed by atoms with Crippen LogP contribution in [0.25, 0.3) is 0 Å². The zero-order chi connectivity index (χ0) is 28.2. The van der Waals surface area contributed by atoms with E-state index >= 15 is 0 Å². The van der Waals surface area contributed by atoms with E-state index in [2.05, 4.69) is 15.3 Å². The van der Waals surface area contributed by atoms with Crippen LogP contribution < -0.4 is 10.1 Å². The predicted molar refractivity (Wildman–Crippen MR) is 140 cm³/mol. The fourth-order valence-electron chi connectivity index (χ4n) is 4.79. The monoisotopic (exact) mass is 564 g/mol. The van der Waals surface area contributed by atoms with Crippen LogP contribution in [-0.2, 0) is 30.5 Å². The molecule has 2 aromatic rings. The Morgan fingerprint density at radius 1 is 1.15 bits per heavy atom. The number of nitrogens with one attached hydrogen (secondary N) is 1. The summed E-state index contributed by atoms with van der Waals surface area (Å²) in [7, 11) is -2.22. The van der Waals surface area contributed by atoms with E-state index in [0.29, 0.717) is 31.6 Å². The smallest absolute Gasteiger partial charge is 0.410 e. The number of fused-ring (bicyclic) bond motifs is 2. The quantitative estimate of drug-likeness (QED) is 0.319. The van der Waals surface area contributed by atoms with Crippen molar-refractivity contribution >= 4 is 27.4 Å². The second-order valence-electron chi connectivity index (χ2n) is 9.20. The number of anilines is 2. The molecule has 1 aromatic heterocycles. The van der Waals surface area contributed by atoms with Crippen molar-refractivity contribution in [3.63, 3.8) is 0 Å². The molecule has 1 N–H and O–H groups in total. The zero-order valence-electron chi connectivity index (χ0n) is 22.3. The number of aromatic nitrogens is 2. The maximum atomic E-state index is 14.9. The van der Waals surface area contributed by atoms with Crippen LogP contribution in [0, 0.1) is 5.82 Å². The lowest BCUT2D eigenvalue weighted by Crippen LogP contribution is -2.50. The molecule has 2 atom stereocenters. The molecule has 0 aliphatic carbocycles. The third-order valence-corrected chi connectivity index (χ3v) is 7.66. The largest absolute Gasteiger partial charge is 0.474 e. The van der Waals surface area contributed by atoms with Gasteiger partial charge >= 0.3 is 6.09 Å². The molecule has 1 amide bonds. The lowest BCUT2D eigenvalue weighted by Gasteiger charge is -2.38. The van der Waals surface area contributed by atoms with Gasteiger partial charge in [-0.25, -0.2) is 27.6 Å². The molecule has 11 nitrogen and oxygen atoms in total. The van der Waals surface area contributed by atoms with Gasteiger partial charge in [-0.2, -0.15) is 0 Å². The third-order valence-electron chi connectivity index (χ3n) is 6.55. The molecule has 2 aliphatic rings. The van der Waals surface area contributed by atoms with Crippen LogP contribution >= 0.6 is 0 Å². The first-order valence-corrected chi connectivity index (χ1v) is 14.6. The summed E-state index contributed by atoms with van der Waals surface area (Å²) in [6.07, 6.45) is 6.26. The number of carbonyl (C=O) groups excluding carboxylic acids is 1. The van der Waals surface area contributed by atoms with Crippen LogP contribution in [0.2, 0.25) is 0 Å². The van der Waals surface area contributed by atoms with Crippen molar-refractivity contribution in [2.75, 3.05) is 31.9 Å². The maximum Gasteiger partial charge on any atom is 0.410 e. The van der Waals surface area contributed by atoms with E-state index in [1.807, 2.05) is 26.0 Å². The van der Waals surface area contributed by atoms with E-state index in [1.54, 1.807) is 4.90 Å². The highest BCUT2D eigenvalue weighted by Crippen LogP contribution is 2.35. The van der Waals surface area contributed by atoms with Gasteiger partial charge in [0.05, 0.1) is 35.3 Å². The predicted octanol–water partition coefficient (Wildman–Crippen LogP) is 3.62. The van der Waals surface area contributed by atoms with Gasteiger partial charge in [0.15, 0.2) is 16.1 Å². The van der Waals surface area contributed by atoms with Gasteiger partial charge in [-0.15, -0.1) is 0 Å². The van der Waals surface area contributed by atoms with Gasteiger partial charge in [0.2, 0.25) is 5.88 Å². The molecule has 39 heavy (non-hydrogen) atoms.